The third-order valence-electron chi connectivity index (χ3n) is 3.05. The number of carboxylic acid groups (broad SMARTS) is 1. The number of halogens is 1. The molecule has 4 nitrogen and oxygen atoms in total. The molecular formula is C17H12ClNO3. The van der Waals surface area contributed by atoms with Crippen LogP contribution in [0.15, 0.2) is 42.5 Å². The molecule has 0 fully saturated rings. The molecule has 0 radical (unpaired) electrons. The van der Waals surface area contributed by atoms with Gasteiger partial charge in [0, 0.05) is 0 Å². The largest absolute Gasteiger partial charge is 0.495 e. The maximum atomic E-state index is 10.8. The zero-order valence-corrected chi connectivity index (χ0v) is 12.5. The summed E-state index contributed by atoms with van der Waals surface area (Å²) in [6.07, 6.45) is 1.68. The predicted octanol–water partition coefficient (Wildman–Crippen LogP) is 4.11. The number of hydrogen-bond acceptors (Lipinski definition) is 3. The number of methoxy groups -OCH3 is 1. The van der Waals surface area contributed by atoms with Crippen molar-refractivity contribution in [3.05, 3.63) is 64.2 Å². The third-order valence-corrected chi connectivity index (χ3v) is 3.35. The summed E-state index contributed by atoms with van der Waals surface area (Å²) in [6, 6.07) is 13.4. The summed E-state index contributed by atoms with van der Waals surface area (Å²) in [6.45, 7) is 0. The van der Waals surface area contributed by atoms with E-state index in [1.54, 1.807) is 36.4 Å². The molecule has 0 spiro atoms. The highest BCUT2D eigenvalue weighted by atomic mass is 35.5. The Kier molecular flexibility index (Phi) is 4.82. The van der Waals surface area contributed by atoms with Crippen molar-refractivity contribution < 1.29 is 14.6 Å². The van der Waals surface area contributed by atoms with Crippen LogP contribution in [-0.2, 0) is 0 Å². The maximum Gasteiger partial charge on any atom is 0.335 e. The van der Waals surface area contributed by atoms with Crippen LogP contribution in [0.5, 0.6) is 5.75 Å². The van der Waals surface area contributed by atoms with Crippen molar-refractivity contribution in [1.29, 1.82) is 5.26 Å². The van der Waals surface area contributed by atoms with E-state index in [0.29, 0.717) is 21.9 Å². The molecule has 0 heterocycles. The van der Waals surface area contributed by atoms with Crippen LogP contribution in [0.4, 0.5) is 0 Å². The number of nitriles is 1. The number of carbonyl (C=O) groups is 1. The van der Waals surface area contributed by atoms with E-state index in [2.05, 4.69) is 6.07 Å². The first-order valence-corrected chi connectivity index (χ1v) is 6.72. The molecule has 5 heteroatoms. The minimum atomic E-state index is -1.00. The zero-order valence-electron chi connectivity index (χ0n) is 11.7. The van der Waals surface area contributed by atoms with Crippen molar-refractivity contribution in [2.45, 2.75) is 0 Å². The normalized spacial score (nSPS) is 10.9. The van der Waals surface area contributed by atoms with Crippen LogP contribution in [-0.4, -0.2) is 18.2 Å². The predicted molar refractivity (Wildman–Crippen MR) is 84.9 cm³/mol. The molecule has 22 heavy (non-hydrogen) atoms. The summed E-state index contributed by atoms with van der Waals surface area (Å²) in [5.41, 5.74) is 1.98. The number of nitrogens with zero attached hydrogens (tertiary/aromatic N) is 1. The van der Waals surface area contributed by atoms with Gasteiger partial charge < -0.3 is 9.84 Å². The molecule has 0 aliphatic rings. The van der Waals surface area contributed by atoms with Crippen molar-refractivity contribution in [1.82, 2.24) is 0 Å². The molecule has 0 saturated carbocycles. The fraction of sp³-hybridized carbons (Fsp3) is 0.0588. The van der Waals surface area contributed by atoms with Gasteiger partial charge in [0.05, 0.1) is 29.3 Å². The molecule has 0 unspecified atom stereocenters. The molecule has 2 aromatic rings. The van der Waals surface area contributed by atoms with Crippen LogP contribution in [0, 0.1) is 11.3 Å². The van der Waals surface area contributed by atoms with Crippen LogP contribution in [0.1, 0.15) is 21.5 Å². The Bertz CT molecular complexity index is 773. The topological polar surface area (TPSA) is 70.3 Å². The number of benzene rings is 2. The molecule has 0 aromatic heterocycles. The molecular weight excluding hydrogens is 302 g/mol. The Hall–Kier alpha value is -2.77. The summed E-state index contributed by atoms with van der Waals surface area (Å²) in [5.74, 6) is -0.445. The Morgan fingerprint density at radius 2 is 1.86 bits per heavy atom. The fourth-order valence-electron chi connectivity index (χ4n) is 1.91. The van der Waals surface area contributed by atoms with Gasteiger partial charge in [-0.1, -0.05) is 29.8 Å². The van der Waals surface area contributed by atoms with E-state index in [1.165, 1.54) is 19.2 Å². The molecule has 0 bridgehead atoms. The van der Waals surface area contributed by atoms with Crippen LogP contribution >= 0.6 is 11.6 Å². The number of rotatable bonds is 4. The third kappa shape index (κ3) is 3.46. The van der Waals surface area contributed by atoms with Gasteiger partial charge in [0.2, 0.25) is 0 Å². The van der Waals surface area contributed by atoms with E-state index >= 15 is 0 Å². The van der Waals surface area contributed by atoms with E-state index in [1.807, 2.05) is 0 Å². The smallest absolute Gasteiger partial charge is 0.335 e. The van der Waals surface area contributed by atoms with Gasteiger partial charge in [-0.3, -0.25) is 0 Å². The number of ether oxygens (including phenoxy) is 1. The van der Waals surface area contributed by atoms with Gasteiger partial charge >= 0.3 is 5.97 Å². The van der Waals surface area contributed by atoms with Gasteiger partial charge in [0.1, 0.15) is 5.75 Å². The lowest BCUT2D eigenvalue weighted by atomic mass is 10.0. The maximum absolute atomic E-state index is 10.8. The molecule has 110 valence electrons. The lowest BCUT2D eigenvalue weighted by Crippen LogP contribution is -1.95. The lowest BCUT2D eigenvalue weighted by Gasteiger charge is -2.04. The highest BCUT2D eigenvalue weighted by Gasteiger charge is 2.06. The monoisotopic (exact) mass is 313 g/mol. The molecule has 0 aliphatic heterocycles. The molecule has 1 N–H and O–H groups in total. The minimum absolute atomic E-state index is 0.175. The van der Waals surface area contributed by atoms with Gasteiger partial charge in [-0.25, -0.2) is 4.79 Å². The van der Waals surface area contributed by atoms with Gasteiger partial charge in [0.15, 0.2) is 0 Å². The number of aromatic carboxylic acids is 1. The zero-order chi connectivity index (χ0) is 16.1. The summed E-state index contributed by atoms with van der Waals surface area (Å²) in [4.78, 5) is 10.8. The summed E-state index contributed by atoms with van der Waals surface area (Å²) in [5, 5.41) is 18.6. The first kappa shape index (κ1) is 15.6. The molecule has 0 atom stereocenters. The van der Waals surface area contributed by atoms with Crippen LogP contribution in [0.25, 0.3) is 11.6 Å². The standard InChI is InChI=1S/C17H12ClNO3/c1-22-16-7-2-11(9-15(16)18)8-14(10-19)12-3-5-13(6-4-12)17(20)21/h2-9H,1H3,(H,20,21). The van der Waals surface area contributed by atoms with Gasteiger partial charge in [0.25, 0.3) is 0 Å². The summed E-state index contributed by atoms with van der Waals surface area (Å²) >= 11 is 6.06. The van der Waals surface area contributed by atoms with E-state index in [9.17, 15) is 10.1 Å². The Morgan fingerprint density at radius 1 is 1.23 bits per heavy atom. The van der Waals surface area contributed by atoms with Crippen LogP contribution in [0.2, 0.25) is 5.02 Å². The fourth-order valence-corrected chi connectivity index (χ4v) is 2.18. The highest BCUT2D eigenvalue weighted by Crippen LogP contribution is 2.27. The van der Waals surface area contributed by atoms with Crippen LogP contribution in [0.3, 0.4) is 0 Å². The quantitative estimate of drug-likeness (QED) is 0.681. The summed E-state index contributed by atoms with van der Waals surface area (Å²) < 4.78 is 5.08. The van der Waals surface area contributed by atoms with E-state index in [0.717, 1.165) is 5.56 Å². The van der Waals surface area contributed by atoms with Crippen molar-refractivity contribution in [3.8, 4) is 11.8 Å². The second-order valence-electron chi connectivity index (χ2n) is 4.45. The number of carboxylic acids is 1. The van der Waals surface area contributed by atoms with Crippen LogP contribution < -0.4 is 4.74 Å². The summed E-state index contributed by atoms with van der Waals surface area (Å²) in [7, 11) is 1.53. The number of allylic oxidation sites excluding steroid dienone is 1. The second-order valence-corrected chi connectivity index (χ2v) is 4.85. The Balaban J connectivity index is 2.37. The molecule has 0 amide bonds. The van der Waals surface area contributed by atoms with E-state index in [-0.39, 0.29) is 5.56 Å². The molecule has 2 rings (SSSR count). The van der Waals surface area contributed by atoms with Crippen molar-refractivity contribution >= 4 is 29.2 Å². The van der Waals surface area contributed by atoms with Crippen molar-refractivity contribution in [2.75, 3.05) is 7.11 Å². The van der Waals surface area contributed by atoms with Gasteiger partial charge in [-0.05, 0) is 41.5 Å². The first-order valence-electron chi connectivity index (χ1n) is 6.34. The first-order chi connectivity index (χ1) is 10.5. The van der Waals surface area contributed by atoms with Gasteiger partial charge in [-0.15, -0.1) is 0 Å². The second kappa shape index (κ2) is 6.79. The number of hydrogen-bond donors (Lipinski definition) is 1. The van der Waals surface area contributed by atoms with Gasteiger partial charge in [-0.2, -0.15) is 5.26 Å². The molecule has 2 aromatic carbocycles. The lowest BCUT2D eigenvalue weighted by molar-refractivity contribution is 0.0697. The Morgan fingerprint density at radius 3 is 2.36 bits per heavy atom. The highest BCUT2D eigenvalue weighted by molar-refractivity contribution is 6.32. The van der Waals surface area contributed by atoms with E-state index < -0.39 is 5.97 Å². The van der Waals surface area contributed by atoms with E-state index in [4.69, 9.17) is 21.4 Å². The Labute approximate surface area is 132 Å². The van der Waals surface area contributed by atoms with Crippen molar-refractivity contribution in [3.63, 3.8) is 0 Å². The SMILES string of the molecule is COc1ccc(C=C(C#N)c2ccc(C(=O)O)cc2)cc1Cl. The average molecular weight is 314 g/mol. The average Bonchev–Trinajstić information content (AvgIpc) is 2.53. The molecule has 0 saturated heterocycles. The van der Waals surface area contributed by atoms with Crippen molar-refractivity contribution in [2.24, 2.45) is 0 Å². The molecule has 0 aliphatic carbocycles. The minimum Gasteiger partial charge on any atom is -0.495 e.